The van der Waals surface area contributed by atoms with Gasteiger partial charge in [0.2, 0.25) is 5.91 Å². The lowest BCUT2D eigenvalue weighted by molar-refractivity contribution is -0.122. The van der Waals surface area contributed by atoms with Crippen molar-refractivity contribution in [3.05, 3.63) is 0 Å². The predicted molar refractivity (Wildman–Crippen MR) is 81.2 cm³/mol. The SMILES string of the molecule is CCCC1CCC(NC(=O)CCNC(C)(C)C)CC1. The van der Waals surface area contributed by atoms with Gasteiger partial charge in [0.05, 0.1) is 0 Å². The van der Waals surface area contributed by atoms with Gasteiger partial charge in [-0.15, -0.1) is 0 Å². The van der Waals surface area contributed by atoms with Crippen molar-refractivity contribution in [1.82, 2.24) is 10.6 Å². The zero-order chi connectivity index (χ0) is 14.3. The summed E-state index contributed by atoms with van der Waals surface area (Å²) in [5.74, 6) is 1.11. The first-order valence-corrected chi connectivity index (χ1v) is 7.95. The van der Waals surface area contributed by atoms with Crippen molar-refractivity contribution >= 4 is 5.91 Å². The van der Waals surface area contributed by atoms with E-state index in [1.54, 1.807) is 0 Å². The molecule has 1 rings (SSSR count). The Hall–Kier alpha value is -0.570. The van der Waals surface area contributed by atoms with Crippen LogP contribution in [-0.2, 0) is 4.79 Å². The number of carbonyl (C=O) groups excluding carboxylic acids is 1. The molecule has 1 aliphatic rings. The van der Waals surface area contributed by atoms with Gasteiger partial charge in [0.25, 0.3) is 0 Å². The quantitative estimate of drug-likeness (QED) is 0.776. The molecule has 1 amide bonds. The molecule has 0 aromatic rings. The van der Waals surface area contributed by atoms with Crippen LogP contribution >= 0.6 is 0 Å². The van der Waals surface area contributed by atoms with Gasteiger partial charge in [-0.05, 0) is 52.4 Å². The van der Waals surface area contributed by atoms with Gasteiger partial charge < -0.3 is 10.6 Å². The molecule has 3 nitrogen and oxygen atoms in total. The first-order valence-electron chi connectivity index (χ1n) is 7.95. The molecule has 1 aliphatic carbocycles. The predicted octanol–water partition coefficient (Wildman–Crippen LogP) is 3.24. The number of nitrogens with one attached hydrogen (secondary N) is 2. The Labute approximate surface area is 118 Å². The maximum atomic E-state index is 11.9. The van der Waals surface area contributed by atoms with E-state index in [1.807, 2.05) is 0 Å². The highest BCUT2D eigenvalue weighted by molar-refractivity contribution is 5.76. The van der Waals surface area contributed by atoms with Crippen molar-refractivity contribution in [2.45, 2.75) is 84.2 Å². The van der Waals surface area contributed by atoms with Crippen LogP contribution in [0.2, 0.25) is 0 Å². The zero-order valence-corrected chi connectivity index (χ0v) is 13.2. The molecule has 2 N–H and O–H groups in total. The largest absolute Gasteiger partial charge is 0.353 e. The second-order valence-electron chi connectivity index (χ2n) is 7.00. The highest BCUT2D eigenvalue weighted by Gasteiger charge is 2.21. The highest BCUT2D eigenvalue weighted by atomic mass is 16.1. The number of amides is 1. The molecular formula is C16H32N2O. The van der Waals surface area contributed by atoms with Crippen molar-refractivity contribution in [1.29, 1.82) is 0 Å². The molecule has 0 atom stereocenters. The molecular weight excluding hydrogens is 236 g/mol. The summed E-state index contributed by atoms with van der Waals surface area (Å²) in [7, 11) is 0. The summed E-state index contributed by atoms with van der Waals surface area (Å²) in [5, 5.41) is 6.54. The fraction of sp³-hybridized carbons (Fsp3) is 0.938. The topological polar surface area (TPSA) is 41.1 Å². The molecule has 19 heavy (non-hydrogen) atoms. The molecule has 0 spiro atoms. The van der Waals surface area contributed by atoms with Crippen LogP contribution in [0.4, 0.5) is 0 Å². The van der Waals surface area contributed by atoms with E-state index < -0.39 is 0 Å². The number of carbonyl (C=O) groups is 1. The summed E-state index contributed by atoms with van der Waals surface area (Å²) < 4.78 is 0. The third kappa shape index (κ3) is 7.56. The lowest BCUT2D eigenvalue weighted by atomic mass is 9.83. The zero-order valence-electron chi connectivity index (χ0n) is 13.2. The van der Waals surface area contributed by atoms with E-state index in [1.165, 1.54) is 38.5 Å². The fourth-order valence-electron chi connectivity index (χ4n) is 2.85. The van der Waals surface area contributed by atoms with Gasteiger partial charge >= 0.3 is 0 Å². The Kier molecular flexibility index (Phi) is 6.84. The number of hydrogen-bond donors (Lipinski definition) is 2. The van der Waals surface area contributed by atoms with Crippen molar-refractivity contribution in [2.24, 2.45) is 5.92 Å². The minimum atomic E-state index is 0.0957. The summed E-state index contributed by atoms with van der Waals surface area (Å²) in [6, 6.07) is 0.426. The highest BCUT2D eigenvalue weighted by Crippen LogP contribution is 2.27. The normalized spacial score (nSPS) is 24.2. The summed E-state index contributed by atoms with van der Waals surface area (Å²) in [5.41, 5.74) is 0.0957. The van der Waals surface area contributed by atoms with Crippen LogP contribution in [0.25, 0.3) is 0 Å². The van der Waals surface area contributed by atoms with Crippen LogP contribution in [0.1, 0.15) is 72.6 Å². The number of hydrogen-bond acceptors (Lipinski definition) is 2. The lowest BCUT2D eigenvalue weighted by Crippen LogP contribution is -2.41. The van der Waals surface area contributed by atoms with E-state index in [0.717, 1.165) is 12.5 Å². The van der Waals surface area contributed by atoms with E-state index >= 15 is 0 Å². The molecule has 0 unspecified atom stereocenters. The summed E-state index contributed by atoms with van der Waals surface area (Å²) in [6.45, 7) is 9.40. The molecule has 0 aromatic carbocycles. The Morgan fingerprint density at radius 3 is 2.32 bits per heavy atom. The molecule has 0 saturated heterocycles. The van der Waals surface area contributed by atoms with Crippen LogP contribution < -0.4 is 10.6 Å². The first kappa shape index (κ1) is 16.5. The van der Waals surface area contributed by atoms with Crippen molar-refractivity contribution < 1.29 is 4.79 Å². The van der Waals surface area contributed by atoms with Crippen molar-refractivity contribution in [3.63, 3.8) is 0 Å². The molecule has 1 fully saturated rings. The third-order valence-electron chi connectivity index (χ3n) is 3.92. The lowest BCUT2D eigenvalue weighted by Gasteiger charge is -2.29. The Morgan fingerprint density at radius 1 is 1.16 bits per heavy atom. The van der Waals surface area contributed by atoms with Crippen LogP contribution in [0.3, 0.4) is 0 Å². The molecule has 112 valence electrons. The molecule has 0 radical (unpaired) electrons. The van der Waals surface area contributed by atoms with Gasteiger partial charge in [-0.25, -0.2) is 0 Å². The second kappa shape index (κ2) is 7.88. The molecule has 3 heteroatoms. The third-order valence-corrected chi connectivity index (χ3v) is 3.92. The van der Waals surface area contributed by atoms with Crippen LogP contribution in [0, 0.1) is 5.92 Å². The minimum absolute atomic E-state index is 0.0957. The molecule has 0 bridgehead atoms. The Balaban J connectivity index is 2.13. The minimum Gasteiger partial charge on any atom is -0.353 e. The van der Waals surface area contributed by atoms with Gasteiger partial charge in [0.1, 0.15) is 0 Å². The summed E-state index contributed by atoms with van der Waals surface area (Å²) >= 11 is 0. The molecule has 0 heterocycles. The van der Waals surface area contributed by atoms with Crippen LogP contribution in [0.15, 0.2) is 0 Å². The van der Waals surface area contributed by atoms with E-state index in [4.69, 9.17) is 0 Å². The summed E-state index contributed by atoms with van der Waals surface area (Å²) in [4.78, 5) is 11.9. The van der Waals surface area contributed by atoms with Crippen molar-refractivity contribution in [3.8, 4) is 0 Å². The average Bonchev–Trinajstić information content (AvgIpc) is 2.30. The van der Waals surface area contributed by atoms with Crippen LogP contribution in [-0.4, -0.2) is 24.0 Å². The van der Waals surface area contributed by atoms with Gasteiger partial charge in [-0.1, -0.05) is 19.8 Å². The maximum Gasteiger partial charge on any atom is 0.221 e. The average molecular weight is 268 g/mol. The van der Waals surface area contributed by atoms with E-state index in [2.05, 4.69) is 38.3 Å². The van der Waals surface area contributed by atoms with Gasteiger partial charge in [0.15, 0.2) is 0 Å². The molecule has 0 aliphatic heterocycles. The molecule has 0 aromatic heterocycles. The monoisotopic (exact) mass is 268 g/mol. The fourth-order valence-corrected chi connectivity index (χ4v) is 2.85. The summed E-state index contributed by atoms with van der Waals surface area (Å²) in [6.07, 6.45) is 8.16. The Bertz CT molecular complexity index is 262. The van der Waals surface area contributed by atoms with E-state index in [9.17, 15) is 4.79 Å². The van der Waals surface area contributed by atoms with Crippen molar-refractivity contribution in [2.75, 3.05) is 6.54 Å². The smallest absolute Gasteiger partial charge is 0.221 e. The van der Waals surface area contributed by atoms with Crippen LogP contribution in [0.5, 0.6) is 0 Å². The standard InChI is InChI=1S/C16H32N2O/c1-5-6-13-7-9-14(10-8-13)18-15(19)11-12-17-16(2,3)4/h13-14,17H,5-12H2,1-4H3,(H,18,19). The first-order chi connectivity index (χ1) is 8.90. The van der Waals surface area contributed by atoms with Gasteiger partial charge in [-0.3, -0.25) is 4.79 Å². The van der Waals surface area contributed by atoms with E-state index in [0.29, 0.717) is 12.5 Å². The second-order valence-corrected chi connectivity index (χ2v) is 7.00. The Morgan fingerprint density at radius 2 is 1.79 bits per heavy atom. The number of rotatable bonds is 6. The van der Waals surface area contributed by atoms with Gasteiger partial charge in [-0.2, -0.15) is 0 Å². The van der Waals surface area contributed by atoms with E-state index in [-0.39, 0.29) is 11.4 Å². The maximum absolute atomic E-state index is 11.9. The van der Waals surface area contributed by atoms with Gasteiger partial charge in [0, 0.05) is 24.5 Å². The molecule has 1 saturated carbocycles.